The summed E-state index contributed by atoms with van der Waals surface area (Å²) in [5.41, 5.74) is 3.19. The minimum Gasteiger partial charge on any atom is -0.339 e. The number of hydrogen-bond acceptors (Lipinski definition) is 1. The highest BCUT2D eigenvalue weighted by molar-refractivity contribution is 9.10. The molecule has 0 unspecified atom stereocenters. The zero-order valence-corrected chi connectivity index (χ0v) is 10.0. The van der Waals surface area contributed by atoms with Crippen molar-refractivity contribution in [1.29, 1.82) is 0 Å². The number of halogens is 1. The van der Waals surface area contributed by atoms with Gasteiger partial charge in [-0.2, -0.15) is 0 Å². The normalized spacial score (nSPS) is 10.8. The van der Waals surface area contributed by atoms with Crippen LogP contribution in [-0.4, -0.2) is 9.97 Å². The average molecular weight is 273 g/mol. The molecule has 3 heteroatoms. The van der Waals surface area contributed by atoms with E-state index in [0.717, 1.165) is 21.3 Å². The summed E-state index contributed by atoms with van der Waals surface area (Å²) in [5.74, 6) is 0. The van der Waals surface area contributed by atoms with Gasteiger partial charge in [0, 0.05) is 11.1 Å². The average Bonchev–Trinajstić information content (AvgIpc) is 2.73. The van der Waals surface area contributed by atoms with Crippen molar-refractivity contribution in [3.63, 3.8) is 0 Å². The molecule has 0 aliphatic carbocycles. The standard InChI is InChI=1S/C13H9BrN2/c14-12-7-6-10-8-11(15-13(10)16-12)9-4-2-1-3-5-9/h1-8H,(H,15,16). The lowest BCUT2D eigenvalue weighted by molar-refractivity contribution is 1.29. The van der Waals surface area contributed by atoms with E-state index in [4.69, 9.17) is 0 Å². The van der Waals surface area contributed by atoms with Crippen LogP contribution < -0.4 is 0 Å². The minimum absolute atomic E-state index is 0.849. The summed E-state index contributed by atoms with van der Waals surface area (Å²) >= 11 is 3.37. The summed E-state index contributed by atoms with van der Waals surface area (Å²) < 4.78 is 0.849. The second-order valence-corrected chi connectivity index (χ2v) is 4.43. The minimum atomic E-state index is 0.849. The van der Waals surface area contributed by atoms with Gasteiger partial charge in [0.2, 0.25) is 0 Å². The Morgan fingerprint density at radius 1 is 1.00 bits per heavy atom. The molecular formula is C13H9BrN2. The van der Waals surface area contributed by atoms with Crippen LogP contribution in [0.1, 0.15) is 0 Å². The Morgan fingerprint density at radius 2 is 1.81 bits per heavy atom. The van der Waals surface area contributed by atoms with Crippen LogP contribution in [0.5, 0.6) is 0 Å². The lowest BCUT2D eigenvalue weighted by Crippen LogP contribution is -1.78. The Kier molecular flexibility index (Phi) is 2.26. The van der Waals surface area contributed by atoms with E-state index < -0.39 is 0 Å². The molecule has 2 aromatic heterocycles. The van der Waals surface area contributed by atoms with Gasteiger partial charge in [-0.05, 0) is 39.7 Å². The van der Waals surface area contributed by atoms with E-state index in [0.29, 0.717) is 0 Å². The van der Waals surface area contributed by atoms with Gasteiger partial charge < -0.3 is 4.98 Å². The smallest absolute Gasteiger partial charge is 0.139 e. The Bertz CT molecular complexity index is 629. The maximum Gasteiger partial charge on any atom is 0.139 e. The predicted molar refractivity (Wildman–Crippen MR) is 69.2 cm³/mol. The van der Waals surface area contributed by atoms with Crippen molar-refractivity contribution >= 4 is 27.0 Å². The summed E-state index contributed by atoms with van der Waals surface area (Å²) in [6.45, 7) is 0. The number of pyridine rings is 1. The van der Waals surface area contributed by atoms with E-state index >= 15 is 0 Å². The lowest BCUT2D eigenvalue weighted by Gasteiger charge is -1.94. The van der Waals surface area contributed by atoms with E-state index in [2.05, 4.69) is 50.2 Å². The second kappa shape index (κ2) is 3.76. The van der Waals surface area contributed by atoms with Crippen LogP contribution in [0.25, 0.3) is 22.3 Å². The van der Waals surface area contributed by atoms with Gasteiger partial charge in [0.15, 0.2) is 0 Å². The SMILES string of the molecule is Brc1ccc2cc(-c3ccccc3)[nH]c2n1. The summed E-state index contributed by atoms with van der Waals surface area (Å²) in [5, 5.41) is 1.13. The van der Waals surface area contributed by atoms with Gasteiger partial charge in [0.1, 0.15) is 10.3 Å². The second-order valence-electron chi connectivity index (χ2n) is 3.62. The number of benzene rings is 1. The van der Waals surface area contributed by atoms with Crippen LogP contribution in [0, 0.1) is 0 Å². The number of fused-ring (bicyclic) bond motifs is 1. The molecular weight excluding hydrogens is 264 g/mol. The third kappa shape index (κ3) is 1.63. The molecule has 3 rings (SSSR count). The summed E-state index contributed by atoms with van der Waals surface area (Å²) in [4.78, 5) is 7.69. The first-order valence-electron chi connectivity index (χ1n) is 5.03. The number of aromatic amines is 1. The van der Waals surface area contributed by atoms with Crippen molar-refractivity contribution in [3.05, 3.63) is 53.1 Å². The fraction of sp³-hybridized carbons (Fsp3) is 0. The van der Waals surface area contributed by atoms with Gasteiger partial charge in [-0.15, -0.1) is 0 Å². The van der Waals surface area contributed by atoms with E-state index in [-0.39, 0.29) is 0 Å². The number of H-pyrrole nitrogens is 1. The van der Waals surface area contributed by atoms with Crippen molar-refractivity contribution in [2.75, 3.05) is 0 Å². The number of hydrogen-bond donors (Lipinski definition) is 1. The van der Waals surface area contributed by atoms with Crippen LogP contribution in [-0.2, 0) is 0 Å². The molecule has 0 spiro atoms. The molecule has 78 valence electrons. The number of rotatable bonds is 1. The van der Waals surface area contributed by atoms with Gasteiger partial charge in [0.05, 0.1) is 0 Å². The zero-order valence-electron chi connectivity index (χ0n) is 8.44. The van der Waals surface area contributed by atoms with Crippen LogP contribution >= 0.6 is 15.9 Å². The molecule has 0 radical (unpaired) electrons. The van der Waals surface area contributed by atoms with Crippen molar-refractivity contribution in [3.8, 4) is 11.3 Å². The van der Waals surface area contributed by atoms with Crippen molar-refractivity contribution in [2.24, 2.45) is 0 Å². The molecule has 0 saturated carbocycles. The first-order valence-corrected chi connectivity index (χ1v) is 5.83. The molecule has 16 heavy (non-hydrogen) atoms. The Balaban J connectivity index is 2.19. The van der Waals surface area contributed by atoms with E-state index in [1.807, 2.05) is 24.3 Å². The number of nitrogens with zero attached hydrogens (tertiary/aromatic N) is 1. The molecule has 2 heterocycles. The largest absolute Gasteiger partial charge is 0.339 e. The fourth-order valence-corrected chi connectivity index (χ4v) is 2.06. The molecule has 1 aromatic carbocycles. The van der Waals surface area contributed by atoms with Gasteiger partial charge in [-0.25, -0.2) is 4.98 Å². The van der Waals surface area contributed by atoms with Crippen molar-refractivity contribution in [2.45, 2.75) is 0 Å². The van der Waals surface area contributed by atoms with Gasteiger partial charge in [-0.1, -0.05) is 30.3 Å². The first-order chi connectivity index (χ1) is 7.83. The predicted octanol–water partition coefficient (Wildman–Crippen LogP) is 3.99. The molecule has 0 atom stereocenters. The molecule has 0 aliphatic rings. The first kappa shape index (κ1) is 9.60. The molecule has 0 aliphatic heterocycles. The van der Waals surface area contributed by atoms with Gasteiger partial charge in [0.25, 0.3) is 0 Å². The van der Waals surface area contributed by atoms with Crippen molar-refractivity contribution in [1.82, 2.24) is 9.97 Å². The molecule has 1 N–H and O–H groups in total. The number of aromatic nitrogens is 2. The van der Waals surface area contributed by atoms with Gasteiger partial charge >= 0.3 is 0 Å². The summed E-state index contributed by atoms with van der Waals surface area (Å²) in [6.07, 6.45) is 0. The molecule has 0 fully saturated rings. The van der Waals surface area contributed by atoms with E-state index in [1.54, 1.807) is 0 Å². The third-order valence-corrected chi connectivity index (χ3v) is 2.97. The Morgan fingerprint density at radius 3 is 2.62 bits per heavy atom. The summed E-state index contributed by atoms with van der Waals surface area (Å²) in [6, 6.07) is 16.4. The summed E-state index contributed by atoms with van der Waals surface area (Å²) in [7, 11) is 0. The quantitative estimate of drug-likeness (QED) is 0.667. The van der Waals surface area contributed by atoms with E-state index in [9.17, 15) is 0 Å². The van der Waals surface area contributed by atoms with Crippen molar-refractivity contribution < 1.29 is 0 Å². The highest BCUT2D eigenvalue weighted by Crippen LogP contribution is 2.23. The zero-order chi connectivity index (χ0) is 11.0. The molecule has 0 bridgehead atoms. The topological polar surface area (TPSA) is 28.7 Å². The fourth-order valence-electron chi connectivity index (χ4n) is 1.76. The van der Waals surface area contributed by atoms with Gasteiger partial charge in [-0.3, -0.25) is 0 Å². The highest BCUT2D eigenvalue weighted by Gasteiger charge is 2.03. The molecule has 0 amide bonds. The van der Waals surface area contributed by atoms with Crippen LogP contribution in [0.15, 0.2) is 53.1 Å². The molecule has 0 saturated heterocycles. The van der Waals surface area contributed by atoms with E-state index in [1.165, 1.54) is 5.56 Å². The Labute approximate surface area is 101 Å². The van der Waals surface area contributed by atoms with Crippen LogP contribution in [0.3, 0.4) is 0 Å². The van der Waals surface area contributed by atoms with Crippen LogP contribution in [0.2, 0.25) is 0 Å². The maximum atomic E-state index is 4.38. The monoisotopic (exact) mass is 272 g/mol. The maximum absolute atomic E-state index is 4.38. The molecule has 2 nitrogen and oxygen atoms in total. The number of nitrogens with one attached hydrogen (secondary N) is 1. The highest BCUT2D eigenvalue weighted by atomic mass is 79.9. The Hall–Kier alpha value is -1.61. The third-order valence-electron chi connectivity index (χ3n) is 2.53. The van der Waals surface area contributed by atoms with Crippen LogP contribution in [0.4, 0.5) is 0 Å². The lowest BCUT2D eigenvalue weighted by atomic mass is 10.1. The molecule has 3 aromatic rings.